The maximum Gasteiger partial charge on any atom is 0.0541 e. The zero-order valence-electron chi connectivity index (χ0n) is 35.4. The molecule has 0 spiro atoms. The van der Waals surface area contributed by atoms with Gasteiger partial charge in [-0.3, -0.25) is 0 Å². The summed E-state index contributed by atoms with van der Waals surface area (Å²) in [6.07, 6.45) is 0.922. The van der Waals surface area contributed by atoms with Crippen molar-refractivity contribution in [3.63, 3.8) is 0 Å². The van der Waals surface area contributed by atoms with Gasteiger partial charge in [-0.1, -0.05) is 225 Å². The van der Waals surface area contributed by atoms with Crippen LogP contribution in [0.25, 0.3) is 82.8 Å². The van der Waals surface area contributed by atoms with Crippen LogP contribution >= 0.6 is 0 Å². The molecule has 0 saturated carbocycles. The van der Waals surface area contributed by atoms with Gasteiger partial charge >= 0.3 is 0 Å². The van der Waals surface area contributed by atoms with Gasteiger partial charge in [-0.2, -0.15) is 0 Å². The van der Waals surface area contributed by atoms with Crippen molar-refractivity contribution in [1.82, 2.24) is 4.57 Å². The first kappa shape index (κ1) is 38.2. The fraction of sp³-hybridized carbons (Fsp3) is 0.0645. The van der Waals surface area contributed by atoms with E-state index in [0.29, 0.717) is 0 Å². The number of aromatic nitrogens is 1. The number of benzene rings is 10. The van der Waals surface area contributed by atoms with Crippen molar-refractivity contribution >= 4 is 32.6 Å². The molecule has 300 valence electrons. The van der Waals surface area contributed by atoms with Crippen LogP contribution in [0.15, 0.2) is 243 Å². The van der Waals surface area contributed by atoms with Crippen LogP contribution in [0.3, 0.4) is 0 Å². The van der Waals surface area contributed by atoms with Crippen LogP contribution in [-0.4, -0.2) is 4.57 Å². The Morgan fingerprint density at radius 1 is 0.349 bits per heavy atom. The first-order valence-electron chi connectivity index (χ1n) is 22.2. The van der Waals surface area contributed by atoms with Gasteiger partial charge in [0.25, 0.3) is 0 Å². The molecule has 63 heavy (non-hydrogen) atoms. The van der Waals surface area contributed by atoms with Crippen LogP contribution in [-0.2, 0) is 6.42 Å². The number of para-hydroxylation sites is 3. The van der Waals surface area contributed by atoms with E-state index in [0.717, 1.165) is 6.42 Å². The van der Waals surface area contributed by atoms with Crippen molar-refractivity contribution < 1.29 is 0 Å². The fourth-order valence-electron chi connectivity index (χ4n) is 10.1. The lowest BCUT2D eigenvalue weighted by Gasteiger charge is -2.28. The fourth-order valence-corrected chi connectivity index (χ4v) is 10.1. The highest BCUT2D eigenvalue weighted by Crippen LogP contribution is 2.44. The molecule has 10 aromatic carbocycles. The molecule has 11 rings (SSSR count). The van der Waals surface area contributed by atoms with Crippen LogP contribution in [0, 0.1) is 0 Å². The average Bonchev–Trinajstić information content (AvgIpc) is 3.70. The van der Waals surface area contributed by atoms with Gasteiger partial charge < -0.3 is 4.57 Å². The summed E-state index contributed by atoms with van der Waals surface area (Å²) >= 11 is 0. The number of hydrogen-bond donors (Lipinski definition) is 0. The van der Waals surface area contributed by atoms with Gasteiger partial charge in [0, 0.05) is 16.3 Å². The average molecular weight is 806 g/mol. The zero-order valence-corrected chi connectivity index (χ0v) is 35.4. The Bertz CT molecular complexity index is 3310. The van der Waals surface area contributed by atoms with Crippen molar-refractivity contribution in [3.8, 4) is 50.2 Å². The molecule has 0 bridgehead atoms. The molecule has 1 heterocycles. The van der Waals surface area contributed by atoms with Gasteiger partial charge in [0.15, 0.2) is 0 Å². The molecule has 1 nitrogen and oxygen atoms in total. The molecule has 0 aliphatic carbocycles. The van der Waals surface area contributed by atoms with Crippen molar-refractivity contribution in [2.45, 2.75) is 25.2 Å². The second-order valence-corrected chi connectivity index (χ2v) is 16.8. The maximum atomic E-state index is 2.44. The highest BCUT2D eigenvalue weighted by molar-refractivity contribution is 6.10. The molecule has 2 unspecified atom stereocenters. The molecule has 0 saturated heterocycles. The summed E-state index contributed by atoms with van der Waals surface area (Å²) in [5.74, 6) is 0.472. The number of nitrogens with zero attached hydrogens (tertiary/aromatic N) is 1. The smallest absolute Gasteiger partial charge is 0.0541 e. The first-order valence-corrected chi connectivity index (χ1v) is 22.2. The van der Waals surface area contributed by atoms with Crippen molar-refractivity contribution in [1.29, 1.82) is 0 Å². The lowest BCUT2D eigenvalue weighted by Crippen LogP contribution is -2.13. The summed E-state index contributed by atoms with van der Waals surface area (Å²) in [6.45, 7) is 2.43. The Morgan fingerprint density at radius 3 is 1.41 bits per heavy atom. The summed E-state index contributed by atoms with van der Waals surface area (Å²) in [5, 5.41) is 5.09. The summed E-state index contributed by atoms with van der Waals surface area (Å²) in [7, 11) is 0. The standard InChI is InChI=1S/C62H47N/c1-43(58(46-21-7-3-8-22-46)41-44-33-35-48(36-34-44)52-40-39-51(45-19-5-2-6-20-45)54-26-11-12-27-55(52)54)50-38-37-49(42-59(50)47-23-9-4-10-24-47)53-25-13-16-30-60(53)63-61-31-17-14-28-56(61)57-29-15-18-32-62(57)63/h2-40,42-43,58H,41H2,1H3. The van der Waals surface area contributed by atoms with E-state index < -0.39 is 0 Å². The van der Waals surface area contributed by atoms with Crippen molar-refractivity contribution in [2.75, 3.05) is 0 Å². The van der Waals surface area contributed by atoms with Gasteiger partial charge in [-0.05, 0) is 109 Å². The highest BCUT2D eigenvalue weighted by atomic mass is 15.0. The van der Waals surface area contributed by atoms with Gasteiger partial charge in [0.1, 0.15) is 0 Å². The molecule has 0 aliphatic rings. The lowest BCUT2D eigenvalue weighted by molar-refractivity contribution is 0.573. The van der Waals surface area contributed by atoms with E-state index in [9.17, 15) is 0 Å². The molecule has 0 N–H and O–H groups in total. The Kier molecular flexibility index (Phi) is 10.1. The predicted octanol–water partition coefficient (Wildman–Crippen LogP) is 16.7. The third-order valence-electron chi connectivity index (χ3n) is 13.2. The van der Waals surface area contributed by atoms with E-state index in [1.54, 1.807) is 0 Å². The molecule has 0 fully saturated rings. The summed E-state index contributed by atoms with van der Waals surface area (Å²) in [6, 6.07) is 89.2. The Morgan fingerprint density at radius 2 is 0.810 bits per heavy atom. The molecular formula is C62H47N. The van der Waals surface area contributed by atoms with Crippen molar-refractivity contribution in [2.24, 2.45) is 0 Å². The van der Waals surface area contributed by atoms with Gasteiger partial charge in [0.05, 0.1) is 16.7 Å². The molecule has 11 aromatic rings. The van der Waals surface area contributed by atoms with Crippen LogP contribution in [0.1, 0.15) is 35.4 Å². The third kappa shape index (κ3) is 7.12. The van der Waals surface area contributed by atoms with Crippen LogP contribution in [0.2, 0.25) is 0 Å². The van der Waals surface area contributed by atoms with E-state index in [4.69, 9.17) is 0 Å². The van der Waals surface area contributed by atoms with Gasteiger partial charge in [-0.25, -0.2) is 0 Å². The zero-order chi connectivity index (χ0) is 42.1. The number of fused-ring (bicyclic) bond motifs is 4. The van der Waals surface area contributed by atoms with Gasteiger partial charge in [0.2, 0.25) is 0 Å². The molecule has 0 radical (unpaired) electrons. The minimum Gasteiger partial charge on any atom is -0.309 e. The Labute approximate surface area is 370 Å². The number of rotatable bonds is 10. The minimum absolute atomic E-state index is 0.221. The molecule has 0 amide bonds. The normalized spacial score (nSPS) is 12.5. The quantitative estimate of drug-likeness (QED) is 0.130. The van der Waals surface area contributed by atoms with E-state index >= 15 is 0 Å². The molecule has 1 aromatic heterocycles. The molecule has 2 atom stereocenters. The summed E-state index contributed by atoms with van der Waals surface area (Å²) < 4.78 is 2.44. The Hall–Kier alpha value is -7.74. The summed E-state index contributed by atoms with van der Waals surface area (Å²) in [4.78, 5) is 0. The van der Waals surface area contributed by atoms with Crippen LogP contribution in [0.5, 0.6) is 0 Å². The SMILES string of the molecule is CC(c1ccc(-c2ccccc2-n2c3ccccc3c3ccccc32)cc1-c1ccccc1)C(Cc1ccc(-c2ccc(-c3ccccc3)c3ccccc23)cc1)c1ccccc1. The van der Waals surface area contributed by atoms with Gasteiger partial charge in [-0.15, -0.1) is 0 Å². The van der Waals surface area contributed by atoms with E-state index in [1.165, 1.54) is 99.5 Å². The van der Waals surface area contributed by atoms with E-state index in [-0.39, 0.29) is 11.8 Å². The van der Waals surface area contributed by atoms with Crippen LogP contribution in [0.4, 0.5) is 0 Å². The predicted molar refractivity (Wildman–Crippen MR) is 268 cm³/mol. The van der Waals surface area contributed by atoms with E-state index in [1.807, 2.05) is 0 Å². The topological polar surface area (TPSA) is 4.93 Å². The first-order chi connectivity index (χ1) is 31.2. The Balaban J connectivity index is 0.975. The number of hydrogen-bond acceptors (Lipinski definition) is 0. The largest absolute Gasteiger partial charge is 0.309 e. The van der Waals surface area contributed by atoms with Crippen molar-refractivity contribution in [3.05, 3.63) is 259 Å². The monoisotopic (exact) mass is 805 g/mol. The highest BCUT2D eigenvalue weighted by Gasteiger charge is 2.25. The van der Waals surface area contributed by atoms with Crippen LogP contribution < -0.4 is 0 Å². The second-order valence-electron chi connectivity index (χ2n) is 16.8. The maximum absolute atomic E-state index is 2.44. The third-order valence-corrected chi connectivity index (χ3v) is 13.2. The molecule has 1 heteroatoms. The molecular weight excluding hydrogens is 759 g/mol. The minimum atomic E-state index is 0.221. The molecule has 0 aliphatic heterocycles. The second kappa shape index (κ2) is 16.6. The lowest BCUT2D eigenvalue weighted by atomic mass is 9.76. The summed E-state index contributed by atoms with van der Waals surface area (Å²) in [5.41, 5.74) is 17.6. The van der Waals surface area contributed by atoms with E-state index in [2.05, 4.69) is 254 Å².